The fourth-order valence-electron chi connectivity index (χ4n) is 1.94. The number of nitrogens with one attached hydrogen (secondary N) is 2. The molecule has 2 N–H and O–H groups in total. The maximum Gasteiger partial charge on any atom is 0.225 e. The van der Waals surface area contributed by atoms with Gasteiger partial charge in [0.15, 0.2) is 0 Å². The van der Waals surface area contributed by atoms with Crippen molar-refractivity contribution in [3.8, 4) is 0 Å². The molecule has 0 aliphatic carbocycles. The predicted molar refractivity (Wildman–Crippen MR) is 88.5 cm³/mol. The molecule has 0 atom stereocenters. The van der Waals surface area contributed by atoms with E-state index in [0.29, 0.717) is 5.95 Å². The lowest BCUT2D eigenvalue weighted by Gasteiger charge is -2.11. The van der Waals surface area contributed by atoms with Gasteiger partial charge in [0.25, 0.3) is 0 Å². The van der Waals surface area contributed by atoms with E-state index in [1.54, 1.807) is 23.1 Å². The summed E-state index contributed by atoms with van der Waals surface area (Å²) in [5.41, 5.74) is 1.06. The van der Waals surface area contributed by atoms with Gasteiger partial charge in [0, 0.05) is 11.9 Å². The number of para-hydroxylation sites is 1. The van der Waals surface area contributed by atoms with Crippen LogP contribution < -0.4 is 10.6 Å². The molecule has 2 heterocycles. The van der Waals surface area contributed by atoms with Gasteiger partial charge in [-0.05, 0) is 29.8 Å². The zero-order chi connectivity index (χ0) is 13.9. The summed E-state index contributed by atoms with van der Waals surface area (Å²) in [6, 6.07) is 10.3. The third-order valence-electron chi connectivity index (χ3n) is 2.91. The molecule has 6 heteroatoms. The highest BCUT2D eigenvalue weighted by molar-refractivity contribution is 7.98. The first-order valence-electron chi connectivity index (χ1n) is 6.15. The lowest BCUT2D eigenvalue weighted by Crippen LogP contribution is -2.01. The molecule has 4 nitrogen and oxygen atoms in total. The number of fused-ring (bicyclic) bond motifs is 1. The highest BCUT2D eigenvalue weighted by Gasteiger charge is 2.10. The standard InChI is InChI=1S/C14H14N4S2/c1-15-14-17-12(9-7-8-20-13(9)18-14)16-10-5-3-4-6-11(10)19-2/h3-8H,1-2H3,(H2,15,16,17,18). The van der Waals surface area contributed by atoms with Crippen LogP contribution in [0.1, 0.15) is 0 Å². The minimum atomic E-state index is 0.629. The molecule has 0 bridgehead atoms. The van der Waals surface area contributed by atoms with Crippen LogP contribution in [-0.4, -0.2) is 23.3 Å². The molecule has 0 aliphatic heterocycles. The normalized spacial score (nSPS) is 10.7. The van der Waals surface area contributed by atoms with Crippen LogP contribution in [-0.2, 0) is 0 Å². The van der Waals surface area contributed by atoms with Crippen LogP contribution in [0.25, 0.3) is 10.2 Å². The highest BCUT2D eigenvalue weighted by atomic mass is 32.2. The van der Waals surface area contributed by atoms with E-state index in [-0.39, 0.29) is 0 Å². The maximum atomic E-state index is 4.53. The van der Waals surface area contributed by atoms with Crippen LogP contribution in [0.2, 0.25) is 0 Å². The molecule has 0 radical (unpaired) electrons. The van der Waals surface area contributed by atoms with Gasteiger partial charge in [-0.2, -0.15) is 4.98 Å². The van der Waals surface area contributed by atoms with E-state index < -0.39 is 0 Å². The molecule has 0 saturated heterocycles. The Bertz CT molecular complexity index is 739. The molecule has 0 spiro atoms. The van der Waals surface area contributed by atoms with Gasteiger partial charge in [-0.3, -0.25) is 0 Å². The summed E-state index contributed by atoms with van der Waals surface area (Å²) < 4.78 is 0. The van der Waals surface area contributed by atoms with Crippen molar-refractivity contribution in [3.05, 3.63) is 35.7 Å². The first kappa shape index (κ1) is 13.2. The monoisotopic (exact) mass is 302 g/mol. The molecular weight excluding hydrogens is 288 g/mol. The average molecular weight is 302 g/mol. The van der Waals surface area contributed by atoms with Crippen LogP contribution in [0, 0.1) is 0 Å². The van der Waals surface area contributed by atoms with Crippen molar-refractivity contribution < 1.29 is 0 Å². The Hall–Kier alpha value is -1.79. The molecule has 3 rings (SSSR count). The number of nitrogens with zero attached hydrogens (tertiary/aromatic N) is 2. The molecule has 102 valence electrons. The third-order valence-corrected chi connectivity index (χ3v) is 4.51. The van der Waals surface area contributed by atoms with Crippen molar-refractivity contribution in [1.82, 2.24) is 9.97 Å². The smallest absolute Gasteiger partial charge is 0.225 e. The number of anilines is 3. The molecular formula is C14H14N4S2. The summed E-state index contributed by atoms with van der Waals surface area (Å²) in [5.74, 6) is 1.46. The third kappa shape index (κ3) is 2.44. The minimum absolute atomic E-state index is 0.629. The van der Waals surface area contributed by atoms with E-state index in [1.807, 2.05) is 30.6 Å². The number of aromatic nitrogens is 2. The SMILES string of the molecule is CNc1nc(Nc2ccccc2SC)c2ccsc2n1. The molecule has 0 unspecified atom stereocenters. The summed E-state index contributed by atoms with van der Waals surface area (Å²) >= 11 is 3.33. The lowest BCUT2D eigenvalue weighted by molar-refractivity contribution is 1.20. The summed E-state index contributed by atoms with van der Waals surface area (Å²) in [5, 5.41) is 9.50. The Morgan fingerprint density at radius 3 is 2.80 bits per heavy atom. The fourth-order valence-corrected chi connectivity index (χ4v) is 3.26. The van der Waals surface area contributed by atoms with Crippen molar-refractivity contribution in [2.75, 3.05) is 23.9 Å². The quantitative estimate of drug-likeness (QED) is 0.707. The van der Waals surface area contributed by atoms with E-state index in [9.17, 15) is 0 Å². The topological polar surface area (TPSA) is 49.8 Å². The van der Waals surface area contributed by atoms with Crippen LogP contribution >= 0.6 is 23.1 Å². The average Bonchev–Trinajstić information content (AvgIpc) is 2.96. The van der Waals surface area contributed by atoms with Gasteiger partial charge in [-0.1, -0.05) is 12.1 Å². The van der Waals surface area contributed by atoms with E-state index in [4.69, 9.17) is 0 Å². The molecule has 0 amide bonds. The first-order chi connectivity index (χ1) is 9.81. The Balaban J connectivity index is 2.07. The number of benzene rings is 1. The summed E-state index contributed by atoms with van der Waals surface area (Å²) in [6.45, 7) is 0. The van der Waals surface area contributed by atoms with Gasteiger partial charge in [-0.15, -0.1) is 23.1 Å². The van der Waals surface area contributed by atoms with Gasteiger partial charge < -0.3 is 10.6 Å². The Morgan fingerprint density at radius 2 is 2.00 bits per heavy atom. The van der Waals surface area contributed by atoms with Crippen LogP contribution in [0.15, 0.2) is 40.6 Å². The summed E-state index contributed by atoms with van der Waals surface area (Å²) in [4.78, 5) is 11.2. The second kappa shape index (κ2) is 5.68. The van der Waals surface area contributed by atoms with Crippen molar-refractivity contribution in [1.29, 1.82) is 0 Å². The van der Waals surface area contributed by atoms with Crippen molar-refractivity contribution >= 4 is 50.8 Å². The highest BCUT2D eigenvalue weighted by Crippen LogP contribution is 2.32. The second-order valence-electron chi connectivity index (χ2n) is 4.11. The predicted octanol–water partition coefficient (Wildman–Crippen LogP) is 4.20. The second-order valence-corrected chi connectivity index (χ2v) is 5.85. The molecule has 3 aromatic rings. The number of hydrogen-bond donors (Lipinski definition) is 2. The zero-order valence-electron chi connectivity index (χ0n) is 11.2. The Labute approximate surface area is 125 Å². The van der Waals surface area contributed by atoms with Crippen molar-refractivity contribution in [2.45, 2.75) is 4.90 Å². The molecule has 0 fully saturated rings. The van der Waals surface area contributed by atoms with Crippen molar-refractivity contribution in [2.24, 2.45) is 0 Å². The van der Waals surface area contributed by atoms with E-state index in [1.165, 1.54) is 4.90 Å². The van der Waals surface area contributed by atoms with Gasteiger partial charge in [0.1, 0.15) is 10.6 Å². The molecule has 20 heavy (non-hydrogen) atoms. The van der Waals surface area contributed by atoms with Gasteiger partial charge in [0.2, 0.25) is 5.95 Å². The van der Waals surface area contributed by atoms with Gasteiger partial charge in [-0.25, -0.2) is 4.98 Å². The van der Waals surface area contributed by atoms with Crippen molar-refractivity contribution in [3.63, 3.8) is 0 Å². The van der Waals surface area contributed by atoms with E-state index in [0.717, 1.165) is 21.7 Å². The minimum Gasteiger partial charge on any atom is -0.357 e. The zero-order valence-corrected chi connectivity index (χ0v) is 12.8. The van der Waals surface area contributed by atoms with E-state index >= 15 is 0 Å². The summed E-state index contributed by atoms with van der Waals surface area (Å²) in [7, 11) is 1.83. The maximum absolute atomic E-state index is 4.53. The molecule has 1 aromatic carbocycles. The van der Waals surface area contributed by atoms with Crippen LogP contribution in [0.5, 0.6) is 0 Å². The number of hydrogen-bond acceptors (Lipinski definition) is 6. The lowest BCUT2D eigenvalue weighted by atomic mass is 10.3. The Kier molecular flexibility index (Phi) is 3.75. The molecule has 2 aromatic heterocycles. The number of thioether (sulfide) groups is 1. The molecule has 0 aliphatic rings. The van der Waals surface area contributed by atoms with Crippen LogP contribution in [0.3, 0.4) is 0 Å². The van der Waals surface area contributed by atoms with E-state index in [2.05, 4.69) is 39.0 Å². The first-order valence-corrected chi connectivity index (χ1v) is 8.25. The largest absolute Gasteiger partial charge is 0.357 e. The summed E-state index contributed by atoms with van der Waals surface area (Å²) in [6.07, 6.45) is 2.07. The number of thiophene rings is 1. The van der Waals surface area contributed by atoms with Gasteiger partial charge >= 0.3 is 0 Å². The van der Waals surface area contributed by atoms with Gasteiger partial charge in [0.05, 0.1) is 11.1 Å². The Morgan fingerprint density at radius 1 is 1.15 bits per heavy atom. The van der Waals surface area contributed by atoms with Crippen LogP contribution in [0.4, 0.5) is 17.5 Å². The number of rotatable bonds is 4. The fraction of sp³-hybridized carbons (Fsp3) is 0.143. The molecule has 0 saturated carbocycles.